The van der Waals surface area contributed by atoms with Crippen LogP contribution in [0.4, 0.5) is 4.39 Å². The fourth-order valence-electron chi connectivity index (χ4n) is 1.83. The third-order valence-corrected chi connectivity index (χ3v) is 4.42. The minimum absolute atomic E-state index is 0.0542. The quantitative estimate of drug-likeness (QED) is 0.881. The number of hydrogen-bond acceptors (Lipinski definition) is 3. The van der Waals surface area contributed by atoms with Crippen LogP contribution in [0, 0.1) is 12.7 Å². The predicted octanol–water partition coefficient (Wildman–Crippen LogP) is 2.65. The van der Waals surface area contributed by atoms with Crippen molar-refractivity contribution in [2.45, 2.75) is 11.8 Å². The third-order valence-electron chi connectivity index (χ3n) is 2.92. The normalized spacial score (nSPS) is 11.5. The van der Waals surface area contributed by atoms with E-state index in [1.807, 2.05) is 4.72 Å². The van der Waals surface area contributed by atoms with Crippen LogP contribution in [0.25, 0.3) is 6.08 Å². The van der Waals surface area contributed by atoms with E-state index in [1.54, 1.807) is 25.1 Å². The van der Waals surface area contributed by atoms with Gasteiger partial charge in [0.05, 0.1) is 4.90 Å². The predicted molar refractivity (Wildman–Crippen MR) is 81.9 cm³/mol. The molecule has 114 valence electrons. The van der Waals surface area contributed by atoms with E-state index in [4.69, 9.17) is 0 Å². The highest BCUT2D eigenvalue weighted by atomic mass is 32.2. The summed E-state index contributed by atoms with van der Waals surface area (Å²) in [6, 6.07) is 11.8. The molecular formula is C16H14FNO3S. The van der Waals surface area contributed by atoms with Crippen LogP contribution in [-0.4, -0.2) is 14.3 Å². The van der Waals surface area contributed by atoms with E-state index in [1.165, 1.54) is 36.4 Å². The second-order valence-corrected chi connectivity index (χ2v) is 6.27. The van der Waals surface area contributed by atoms with E-state index in [9.17, 15) is 17.6 Å². The monoisotopic (exact) mass is 319 g/mol. The summed E-state index contributed by atoms with van der Waals surface area (Å²) in [5.74, 6) is -1.16. The van der Waals surface area contributed by atoms with Crippen LogP contribution in [0.3, 0.4) is 0 Å². The van der Waals surface area contributed by atoms with Crippen molar-refractivity contribution in [3.63, 3.8) is 0 Å². The van der Waals surface area contributed by atoms with Crippen molar-refractivity contribution in [3.05, 3.63) is 71.6 Å². The zero-order valence-electron chi connectivity index (χ0n) is 11.8. The summed E-state index contributed by atoms with van der Waals surface area (Å²) in [4.78, 5) is 11.8. The van der Waals surface area contributed by atoms with Gasteiger partial charge in [-0.3, -0.25) is 4.79 Å². The van der Waals surface area contributed by atoms with Crippen LogP contribution in [0.15, 0.2) is 59.5 Å². The van der Waals surface area contributed by atoms with Crippen molar-refractivity contribution in [2.75, 3.05) is 0 Å². The molecule has 0 aromatic heterocycles. The smallest absolute Gasteiger partial charge is 0.264 e. The molecule has 0 atom stereocenters. The molecule has 0 aliphatic rings. The molecule has 0 aliphatic heterocycles. The summed E-state index contributed by atoms with van der Waals surface area (Å²) >= 11 is 0. The van der Waals surface area contributed by atoms with Crippen molar-refractivity contribution in [2.24, 2.45) is 0 Å². The molecule has 0 heterocycles. The number of sulfonamides is 1. The van der Waals surface area contributed by atoms with Gasteiger partial charge in [-0.05, 0) is 42.3 Å². The van der Waals surface area contributed by atoms with Crippen LogP contribution in [0.1, 0.15) is 11.1 Å². The Hall–Kier alpha value is -2.47. The Morgan fingerprint density at radius 1 is 1.09 bits per heavy atom. The van der Waals surface area contributed by atoms with Gasteiger partial charge in [-0.25, -0.2) is 17.5 Å². The summed E-state index contributed by atoms with van der Waals surface area (Å²) in [5, 5.41) is 0. The van der Waals surface area contributed by atoms with E-state index in [2.05, 4.69) is 0 Å². The van der Waals surface area contributed by atoms with E-state index < -0.39 is 15.9 Å². The standard InChI is InChI=1S/C16H14FNO3S/c1-12-4-2-3-5-15(12)22(20,21)18-16(19)11-8-13-6-9-14(17)10-7-13/h2-11H,1H3,(H,18,19). The van der Waals surface area contributed by atoms with Crippen LogP contribution >= 0.6 is 0 Å². The molecule has 0 saturated carbocycles. The molecule has 6 heteroatoms. The maximum absolute atomic E-state index is 12.8. The fraction of sp³-hybridized carbons (Fsp3) is 0.0625. The van der Waals surface area contributed by atoms with Crippen LogP contribution in [0.2, 0.25) is 0 Å². The zero-order valence-corrected chi connectivity index (χ0v) is 12.6. The van der Waals surface area contributed by atoms with E-state index >= 15 is 0 Å². The third kappa shape index (κ3) is 4.02. The molecule has 1 amide bonds. The van der Waals surface area contributed by atoms with Crippen molar-refractivity contribution in [3.8, 4) is 0 Å². The fourth-order valence-corrected chi connectivity index (χ4v) is 3.02. The molecule has 0 spiro atoms. The van der Waals surface area contributed by atoms with Gasteiger partial charge in [0.25, 0.3) is 15.9 Å². The van der Waals surface area contributed by atoms with Crippen LogP contribution in [0.5, 0.6) is 0 Å². The van der Waals surface area contributed by atoms with Gasteiger partial charge in [0.2, 0.25) is 0 Å². The Morgan fingerprint density at radius 3 is 2.36 bits per heavy atom. The number of rotatable bonds is 4. The first kappa shape index (κ1) is 15.9. The lowest BCUT2D eigenvalue weighted by molar-refractivity contribution is -0.114. The lowest BCUT2D eigenvalue weighted by atomic mass is 10.2. The number of carbonyl (C=O) groups excluding carboxylic acids is 1. The molecule has 2 aromatic carbocycles. The second-order valence-electron chi connectivity index (χ2n) is 4.62. The average Bonchev–Trinajstić information content (AvgIpc) is 2.46. The number of hydrogen-bond donors (Lipinski definition) is 1. The lowest BCUT2D eigenvalue weighted by Gasteiger charge is -2.07. The maximum Gasteiger partial charge on any atom is 0.264 e. The number of halogens is 1. The minimum Gasteiger partial charge on any atom is -0.269 e. The van der Waals surface area contributed by atoms with E-state index in [0.29, 0.717) is 11.1 Å². The number of nitrogens with one attached hydrogen (secondary N) is 1. The number of aryl methyl sites for hydroxylation is 1. The van der Waals surface area contributed by atoms with E-state index in [-0.39, 0.29) is 10.7 Å². The molecule has 4 nitrogen and oxygen atoms in total. The number of benzene rings is 2. The van der Waals surface area contributed by atoms with Crippen molar-refractivity contribution in [1.29, 1.82) is 0 Å². The van der Waals surface area contributed by atoms with Gasteiger partial charge in [0.15, 0.2) is 0 Å². The SMILES string of the molecule is Cc1ccccc1S(=O)(=O)NC(=O)C=Cc1ccc(F)cc1. The van der Waals surface area contributed by atoms with Crippen molar-refractivity contribution < 1.29 is 17.6 Å². The number of amides is 1. The molecule has 1 N–H and O–H groups in total. The topological polar surface area (TPSA) is 63.2 Å². The van der Waals surface area contributed by atoms with Gasteiger partial charge in [0, 0.05) is 6.08 Å². The first-order valence-corrected chi connectivity index (χ1v) is 7.93. The second kappa shape index (κ2) is 6.53. The highest BCUT2D eigenvalue weighted by Gasteiger charge is 2.17. The van der Waals surface area contributed by atoms with Crippen molar-refractivity contribution in [1.82, 2.24) is 4.72 Å². The molecule has 2 rings (SSSR count). The lowest BCUT2D eigenvalue weighted by Crippen LogP contribution is -2.29. The Labute approximate surface area is 128 Å². The Kier molecular flexibility index (Phi) is 4.72. The molecule has 0 aliphatic carbocycles. The zero-order chi connectivity index (χ0) is 16.2. The first-order chi connectivity index (χ1) is 10.4. The largest absolute Gasteiger partial charge is 0.269 e. The average molecular weight is 319 g/mol. The Balaban J connectivity index is 2.11. The summed E-state index contributed by atoms with van der Waals surface area (Å²) in [7, 11) is -3.91. The van der Waals surface area contributed by atoms with Gasteiger partial charge in [-0.1, -0.05) is 30.3 Å². The highest BCUT2D eigenvalue weighted by molar-refractivity contribution is 7.90. The maximum atomic E-state index is 12.8. The van der Waals surface area contributed by atoms with E-state index in [0.717, 1.165) is 6.08 Å². The van der Waals surface area contributed by atoms with Gasteiger partial charge in [-0.2, -0.15) is 0 Å². The van der Waals surface area contributed by atoms with Crippen molar-refractivity contribution >= 4 is 22.0 Å². The minimum atomic E-state index is -3.91. The highest BCUT2D eigenvalue weighted by Crippen LogP contribution is 2.13. The van der Waals surface area contributed by atoms with Gasteiger partial charge in [0.1, 0.15) is 5.82 Å². The summed E-state index contributed by atoms with van der Waals surface area (Å²) in [6.45, 7) is 1.65. The molecule has 22 heavy (non-hydrogen) atoms. The van der Waals surface area contributed by atoms with Crippen LogP contribution in [-0.2, 0) is 14.8 Å². The first-order valence-electron chi connectivity index (χ1n) is 6.44. The Morgan fingerprint density at radius 2 is 1.73 bits per heavy atom. The van der Waals surface area contributed by atoms with Gasteiger partial charge >= 0.3 is 0 Å². The number of carbonyl (C=O) groups is 1. The Bertz CT molecular complexity index is 812. The molecule has 0 unspecified atom stereocenters. The molecule has 0 saturated heterocycles. The molecule has 0 radical (unpaired) electrons. The molecule has 0 bridgehead atoms. The summed E-state index contributed by atoms with van der Waals surface area (Å²) in [6.07, 6.45) is 2.49. The molecule has 0 fully saturated rings. The molecule has 2 aromatic rings. The summed E-state index contributed by atoms with van der Waals surface area (Å²) < 4.78 is 38.9. The van der Waals surface area contributed by atoms with Crippen LogP contribution < -0.4 is 4.72 Å². The van der Waals surface area contributed by atoms with Gasteiger partial charge < -0.3 is 0 Å². The van der Waals surface area contributed by atoms with Gasteiger partial charge in [-0.15, -0.1) is 0 Å². The summed E-state index contributed by atoms with van der Waals surface area (Å²) in [5.41, 5.74) is 1.13. The molecular weight excluding hydrogens is 305 g/mol.